The zero-order valence-corrected chi connectivity index (χ0v) is 13.2. The van der Waals surface area contributed by atoms with E-state index in [0.29, 0.717) is 6.61 Å². The predicted molar refractivity (Wildman–Crippen MR) is 84.2 cm³/mol. The van der Waals surface area contributed by atoms with E-state index < -0.39 is 0 Å². The fourth-order valence-corrected chi connectivity index (χ4v) is 3.47. The molecular formula is C16H20N2O2S. The first-order valence-electron chi connectivity index (χ1n) is 7.39. The van der Waals surface area contributed by atoms with Crippen LogP contribution in [0.2, 0.25) is 0 Å². The number of hydrogen-bond acceptors (Lipinski definition) is 5. The zero-order valence-electron chi connectivity index (χ0n) is 12.4. The zero-order chi connectivity index (χ0) is 14.7. The molecule has 0 spiro atoms. The van der Waals surface area contributed by atoms with Gasteiger partial charge in [-0.2, -0.15) is 0 Å². The Balaban J connectivity index is 1.80. The second-order valence-electron chi connectivity index (χ2n) is 4.92. The summed E-state index contributed by atoms with van der Waals surface area (Å²) in [7, 11) is 0. The molecule has 0 aliphatic carbocycles. The lowest BCUT2D eigenvalue weighted by Crippen LogP contribution is -2.21. The van der Waals surface area contributed by atoms with Gasteiger partial charge in [-0.05, 0) is 25.1 Å². The van der Waals surface area contributed by atoms with Crippen molar-refractivity contribution in [2.45, 2.75) is 32.9 Å². The Morgan fingerprint density at radius 2 is 2.10 bits per heavy atom. The predicted octanol–water partition coefficient (Wildman–Crippen LogP) is 3.33. The van der Waals surface area contributed by atoms with Crippen LogP contribution < -0.4 is 14.8 Å². The second-order valence-corrected chi connectivity index (χ2v) is 6.04. The molecule has 1 atom stereocenters. The van der Waals surface area contributed by atoms with Crippen molar-refractivity contribution in [1.82, 2.24) is 10.3 Å². The Kier molecular flexibility index (Phi) is 4.41. The summed E-state index contributed by atoms with van der Waals surface area (Å²) in [4.78, 5) is 6.05. The van der Waals surface area contributed by atoms with Crippen LogP contribution in [0.3, 0.4) is 0 Å². The minimum Gasteiger partial charge on any atom is -0.485 e. The molecular weight excluding hydrogens is 284 g/mol. The molecule has 0 amide bonds. The largest absolute Gasteiger partial charge is 0.485 e. The SMILES string of the molecule is CCNCc1sc(C2COc3ccccc3O2)nc1CC. The van der Waals surface area contributed by atoms with E-state index >= 15 is 0 Å². The number of fused-ring (bicyclic) bond motifs is 1. The van der Waals surface area contributed by atoms with Crippen LogP contribution >= 0.6 is 11.3 Å². The van der Waals surface area contributed by atoms with Crippen molar-refractivity contribution in [2.24, 2.45) is 0 Å². The van der Waals surface area contributed by atoms with Crippen molar-refractivity contribution in [2.75, 3.05) is 13.2 Å². The van der Waals surface area contributed by atoms with E-state index in [0.717, 1.165) is 36.0 Å². The minimum absolute atomic E-state index is 0.106. The highest BCUT2D eigenvalue weighted by Gasteiger charge is 2.26. The number of nitrogens with one attached hydrogen (secondary N) is 1. The summed E-state index contributed by atoms with van der Waals surface area (Å²) >= 11 is 1.73. The molecule has 0 bridgehead atoms. The fourth-order valence-electron chi connectivity index (χ4n) is 2.34. The first-order chi connectivity index (χ1) is 10.3. The topological polar surface area (TPSA) is 43.4 Å². The van der Waals surface area contributed by atoms with Crippen LogP contribution in [0.15, 0.2) is 24.3 Å². The maximum absolute atomic E-state index is 6.04. The van der Waals surface area contributed by atoms with E-state index in [-0.39, 0.29) is 6.10 Å². The molecule has 1 N–H and O–H groups in total. The molecule has 1 aromatic carbocycles. The Bertz CT molecular complexity index is 612. The molecule has 1 aliphatic rings. The number of aromatic nitrogens is 1. The number of rotatable bonds is 5. The third-order valence-corrected chi connectivity index (χ3v) is 4.64. The van der Waals surface area contributed by atoms with Gasteiger partial charge in [0.2, 0.25) is 0 Å². The van der Waals surface area contributed by atoms with E-state index in [1.807, 2.05) is 24.3 Å². The molecule has 2 heterocycles. The number of benzene rings is 1. The Morgan fingerprint density at radius 1 is 1.29 bits per heavy atom. The van der Waals surface area contributed by atoms with Crippen molar-refractivity contribution < 1.29 is 9.47 Å². The summed E-state index contributed by atoms with van der Waals surface area (Å²) < 4.78 is 11.8. The summed E-state index contributed by atoms with van der Waals surface area (Å²) in [5, 5.41) is 4.38. The average molecular weight is 304 g/mol. The quantitative estimate of drug-likeness (QED) is 0.920. The van der Waals surface area contributed by atoms with Gasteiger partial charge in [0.15, 0.2) is 17.6 Å². The lowest BCUT2D eigenvalue weighted by atomic mass is 10.2. The molecule has 1 unspecified atom stereocenters. The number of hydrogen-bond donors (Lipinski definition) is 1. The van der Waals surface area contributed by atoms with E-state index in [1.165, 1.54) is 10.6 Å². The normalized spacial score (nSPS) is 17.0. The van der Waals surface area contributed by atoms with Crippen molar-refractivity contribution in [3.63, 3.8) is 0 Å². The molecule has 1 aliphatic heterocycles. The Labute approximate surface area is 129 Å². The summed E-state index contributed by atoms with van der Waals surface area (Å²) in [6.07, 6.45) is 0.840. The fraction of sp³-hybridized carbons (Fsp3) is 0.438. The highest BCUT2D eigenvalue weighted by molar-refractivity contribution is 7.11. The van der Waals surface area contributed by atoms with Crippen LogP contribution in [0, 0.1) is 0 Å². The summed E-state index contributed by atoms with van der Waals surface area (Å²) in [5.41, 5.74) is 1.17. The molecule has 3 rings (SSSR count). The Morgan fingerprint density at radius 3 is 2.86 bits per heavy atom. The van der Waals surface area contributed by atoms with E-state index in [2.05, 4.69) is 19.2 Å². The van der Waals surface area contributed by atoms with Gasteiger partial charge in [0.1, 0.15) is 11.6 Å². The van der Waals surface area contributed by atoms with Gasteiger partial charge >= 0.3 is 0 Å². The monoisotopic (exact) mass is 304 g/mol. The third-order valence-electron chi connectivity index (χ3n) is 3.45. The lowest BCUT2D eigenvalue weighted by Gasteiger charge is -2.24. The van der Waals surface area contributed by atoms with Gasteiger partial charge in [-0.25, -0.2) is 4.98 Å². The number of thiazole rings is 1. The molecule has 21 heavy (non-hydrogen) atoms. The van der Waals surface area contributed by atoms with E-state index in [9.17, 15) is 0 Å². The van der Waals surface area contributed by atoms with Crippen LogP contribution in [-0.2, 0) is 13.0 Å². The first kappa shape index (κ1) is 14.4. The van der Waals surface area contributed by atoms with E-state index in [1.54, 1.807) is 11.3 Å². The van der Waals surface area contributed by atoms with Crippen molar-refractivity contribution in [3.05, 3.63) is 39.8 Å². The third kappa shape index (κ3) is 3.04. The van der Waals surface area contributed by atoms with Gasteiger partial charge in [-0.15, -0.1) is 11.3 Å². The van der Waals surface area contributed by atoms with Crippen LogP contribution in [0.1, 0.15) is 35.5 Å². The molecule has 1 aromatic heterocycles. The van der Waals surface area contributed by atoms with Crippen molar-refractivity contribution in [3.8, 4) is 11.5 Å². The van der Waals surface area contributed by atoms with Gasteiger partial charge in [-0.1, -0.05) is 26.0 Å². The van der Waals surface area contributed by atoms with Gasteiger partial charge in [0.05, 0.1) is 5.69 Å². The summed E-state index contributed by atoms with van der Waals surface area (Å²) in [6.45, 7) is 6.62. The van der Waals surface area contributed by atoms with Crippen LogP contribution in [0.4, 0.5) is 0 Å². The number of ether oxygens (including phenoxy) is 2. The maximum Gasteiger partial charge on any atom is 0.184 e. The highest BCUT2D eigenvalue weighted by Crippen LogP contribution is 2.37. The van der Waals surface area contributed by atoms with Gasteiger partial charge in [0.25, 0.3) is 0 Å². The summed E-state index contributed by atoms with van der Waals surface area (Å²) in [5.74, 6) is 1.61. The molecule has 0 fully saturated rings. The molecule has 0 saturated carbocycles. The van der Waals surface area contributed by atoms with E-state index in [4.69, 9.17) is 14.5 Å². The molecule has 2 aromatic rings. The molecule has 0 radical (unpaired) electrons. The first-order valence-corrected chi connectivity index (χ1v) is 8.21. The smallest absolute Gasteiger partial charge is 0.184 e. The van der Waals surface area contributed by atoms with Crippen molar-refractivity contribution >= 4 is 11.3 Å². The number of para-hydroxylation sites is 2. The molecule has 5 heteroatoms. The Hall–Kier alpha value is -1.59. The standard InChI is InChI=1S/C16H20N2O2S/c1-3-11-15(9-17-4-2)21-16(18-11)14-10-19-12-7-5-6-8-13(12)20-14/h5-8,14,17H,3-4,9-10H2,1-2H3. The van der Waals surface area contributed by atoms with Crippen molar-refractivity contribution in [1.29, 1.82) is 0 Å². The minimum atomic E-state index is -0.106. The molecule has 112 valence electrons. The highest BCUT2D eigenvalue weighted by atomic mass is 32.1. The number of aryl methyl sites for hydroxylation is 1. The molecule has 0 saturated heterocycles. The summed E-state index contributed by atoms with van der Waals surface area (Å²) in [6, 6.07) is 7.78. The van der Waals surface area contributed by atoms with Crippen LogP contribution in [0.5, 0.6) is 11.5 Å². The second kappa shape index (κ2) is 6.45. The van der Waals surface area contributed by atoms with Gasteiger partial charge in [-0.3, -0.25) is 0 Å². The van der Waals surface area contributed by atoms with Crippen LogP contribution in [-0.4, -0.2) is 18.1 Å². The van der Waals surface area contributed by atoms with Gasteiger partial charge < -0.3 is 14.8 Å². The van der Waals surface area contributed by atoms with Crippen LogP contribution in [0.25, 0.3) is 0 Å². The lowest BCUT2D eigenvalue weighted by molar-refractivity contribution is 0.0910. The van der Waals surface area contributed by atoms with Gasteiger partial charge in [0, 0.05) is 11.4 Å². The maximum atomic E-state index is 6.04. The number of nitrogens with zero attached hydrogens (tertiary/aromatic N) is 1. The average Bonchev–Trinajstić information content (AvgIpc) is 2.95. The molecule has 4 nitrogen and oxygen atoms in total.